The number of quaternary nitrogens is 2. The second-order valence-corrected chi connectivity index (χ2v) is 9.73. The van der Waals surface area contributed by atoms with Crippen molar-refractivity contribution in [3.63, 3.8) is 0 Å². The van der Waals surface area contributed by atoms with Crippen LogP contribution in [0.5, 0.6) is 0 Å². The fourth-order valence-corrected chi connectivity index (χ4v) is 3.89. The highest BCUT2D eigenvalue weighted by atomic mass is 31.2. The summed E-state index contributed by atoms with van der Waals surface area (Å²) < 4.78 is 21.7. The van der Waals surface area contributed by atoms with E-state index in [1.54, 1.807) is 0 Å². The van der Waals surface area contributed by atoms with Gasteiger partial charge < -0.3 is 36.4 Å². The molecular formula is C11H33N3O6P2. The van der Waals surface area contributed by atoms with Crippen LogP contribution in [-0.4, -0.2) is 33.8 Å². The van der Waals surface area contributed by atoms with Crippen LogP contribution in [0.1, 0.15) is 40.5 Å². The van der Waals surface area contributed by atoms with Crippen molar-refractivity contribution in [2.45, 2.75) is 40.5 Å². The third-order valence-corrected chi connectivity index (χ3v) is 4.17. The van der Waals surface area contributed by atoms with E-state index in [2.05, 4.69) is 20.8 Å². The SMILES string of the molecule is CC(CCN(CP(=O)([O-])[O-])CP(=O)(O)O)CC(C)(C)C.[NH4+].[NH4+]. The summed E-state index contributed by atoms with van der Waals surface area (Å²) in [7, 11) is -9.21. The van der Waals surface area contributed by atoms with Crippen molar-refractivity contribution >= 4 is 15.2 Å². The van der Waals surface area contributed by atoms with Gasteiger partial charge in [0.2, 0.25) is 0 Å². The molecule has 0 saturated carbocycles. The summed E-state index contributed by atoms with van der Waals surface area (Å²) in [4.78, 5) is 40.4. The van der Waals surface area contributed by atoms with E-state index < -0.39 is 27.8 Å². The van der Waals surface area contributed by atoms with Gasteiger partial charge in [0.05, 0.1) is 0 Å². The van der Waals surface area contributed by atoms with Crippen LogP contribution in [0.3, 0.4) is 0 Å². The number of nitrogens with zero attached hydrogens (tertiary/aromatic N) is 1. The van der Waals surface area contributed by atoms with Crippen LogP contribution in [0, 0.1) is 11.3 Å². The van der Waals surface area contributed by atoms with Crippen LogP contribution in [0.4, 0.5) is 0 Å². The minimum atomic E-state index is -4.83. The fourth-order valence-electron chi connectivity index (χ4n) is 2.24. The van der Waals surface area contributed by atoms with E-state index >= 15 is 0 Å². The molecule has 0 radical (unpaired) electrons. The Kier molecular flexibility index (Phi) is 12.5. The first kappa shape index (κ1) is 27.0. The van der Waals surface area contributed by atoms with E-state index in [1.165, 1.54) is 0 Å². The molecule has 138 valence electrons. The summed E-state index contributed by atoms with van der Waals surface area (Å²) in [6.45, 7) is 8.42. The molecule has 0 aliphatic rings. The van der Waals surface area contributed by atoms with E-state index in [4.69, 9.17) is 9.79 Å². The van der Waals surface area contributed by atoms with Crippen molar-refractivity contribution in [3.05, 3.63) is 0 Å². The van der Waals surface area contributed by atoms with Crippen molar-refractivity contribution < 1.29 is 28.7 Å². The Morgan fingerprint density at radius 2 is 1.55 bits per heavy atom. The predicted molar refractivity (Wildman–Crippen MR) is 85.9 cm³/mol. The van der Waals surface area contributed by atoms with Crippen molar-refractivity contribution in [2.24, 2.45) is 11.3 Å². The highest BCUT2D eigenvalue weighted by Gasteiger charge is 2.21. The molecule has 0 spiro atoms. The first-order chi connectivity index (χ1) is 8.68. The monoisotopic (exact) mass is 365 g/mol. The van der Waals surface area contributed by atoms with E-state index in [-0.39, 0.29) is 30.2 Å². The van der Waals surface area contributed by atoms with Crippen LogP contribution in [0.25, 0.3) is 0 Å². The highest BCUT2D eigenvalue weighted by Crippen LogP contribution is 2.38. The Morgan fingerprint density at radius 3 is 1.86 bits per heavy atom. The lowest BCUT2D eigenvalue weighted by Crippen LogP contribution is -2.33. The normalized spacial score (nSPS) is 14.2. The summed E-state index contributed by atoms with van der Waals surface area (Å²) in [5, 5.41) is 0. The number of hydrogen-bond acceptors (Lipinski definition) is 5. The minimum Gasteiger partial charge on any atom is -0.810 e. The molecule has 0 bridgehead atoms. The molecule has 10 N–H and O–H groups in total. The third-order valence-electron chi connectivity index (χ3n) is 2.66. The lowest BCUT2D eigenvalue weighted by atomic mass is 9.84. The quantitative estimate of drug-likeness (QED) is 0.467. The molecule has 0 aromatic carbocycles. The molecular weight excluding hydrogens is 332 g/mol. The van der Waals surface area contributed by atoms with Gasteiger partial charge in [0.25, 0.3) is 0 Å². The van der Waals surface area contributed by atoms with Crippen molar-refractivity contribution in [1.29, 1.82) is 0 Å². The van der Waals surface area contributed by atoms with Gasteiger partial charge in [-0.15, -0.1) is 0 Å². The smallest absolute Gasteiger partial charge is 0.339 e. The van der Waals surface area contributed by atoms with Crippen molar-refractivity contribution in [3.8, 4) is 0 Å². The molecule has 0 amide bonds. The minimum absolute atomic E-state index is 0. The molecule has 9 nitrogen and oxygen atoms in total. The predicted octanol–water partition coefficient (Wildman–Crippen LogP) is 1.51. The Labute approximate surface area is 133 Å². The zero-order valence-corrected chi connectivity index (χ0v) is 16.3. The van der Waals surface area contributed by atoms with Gasteiger partial charge in [-0.3, -0.25) is 9.46 Å². The van der Waals surface area contributed by atoms with Crippen molar-refractivity contribution in [1.82, 2.24) is 17.2 Å². The molecule has 0 heterocycles. The standard InChI is InChI=1S/C11H27NO6P2.2H3N/c1-10(7-11(2,3)4)5-6-12(8-19(13,14)15)9-20(16,17)18;;/h10H,5-9H2,1-4H3,(H2,13,14,15)(H2,16,17,18);2*1H3. The number of rotatable bonds is 8. The molecule has 0 aromatic heterocycles. The maximum Gasteiger partial charge on any atom is 0.339 e. The maximum absolute atomic E-state index is 11.0. The summed E-state index contributed by atoms with van der Waals surface area (Å²) in [5.41, 5.74) is 0.125. The van der Waals surface area contributed by atoms with E-state index in [0.29, 0.717) is 6.42 Å². The van der Waals surface area contributed by atoms with E-state index in [9.17, 15) is 18.9 Å². The largest absolute Gasteiger partial charge is 0.810 e. The fraction of sp³-hybridized carbons (Fsp3) is 1.00. The zero-order valence-electron chi connectivity index (χ0n) is 14.5. The molecule has 0 aliphatic carbocycles. The average Bonchev–Trinajstić information content (AvgIpc) is 2.06. The van der Waals surface area contributed by atoms with Gasteiger partial charge in [0, 0.05) is 6.29 Å². The molecule has 1 atom stereocenters. The maximum atomic E-state index is 11.0. The van der Waals surface area contributed by atoms with Gasteiger partial charge in [0.15, 0.2) is 0 Å². The second kappa shape index (κ2) is 10.1. The summed E-state index contributed by atoms with van der Waals surface area (Å²) in [6.07, 6.45) is -0.0650. The molecule has 0 fully saturated rings. The third kappa shape index (κ3) is 18.2. The number of hydrogen-bond donors (Lipinski definition) is 4. The summed E-state index contributed by atoms with van der Waals surface area (Å²) in [5.74, 6) is 0.270. The average molecular weight is 365 g/mol. The van der Waals surface area contributed by atoms with E-state index in [0.717, 1.165) is 11.3 Å². The van der Waals surface area contributed by atoms with Gasteiger partial charge in [-0.1, -0.05) is 35.3 Å². The lowest BCUT2D eigenvalue weighted by Gasteiger charge is -2.36. The Balaban J connectivity index is -0.00000180. The Hall–Kier alpha value is 0.180. The molecule has 0 aliphatic heterocycles. The van der Waals surface area contributed by atoms with Gasteiger partial charge in [-0.25, -0.2) is 0 Å². The highest BCUT2D eigenvalue weighted by molar-refractivity contribution is 7.51. The molecule has 22 heavy (non-hydrogen) atoms. The summed E-state index contributed by atoms with van der Waals surface area (Å²) >= 11 is 0. The van der Waals surface area contributed by atoms with Gasteiger partial charge in [-0.2, -0.15) is 0 Å². The Bertz CT molecular complexity index is 366. The lowest BCUT2D eigenvalue weighted by molar-refractivity contribution is -0.315. The molecule has 0 aromatic rings. The molecule has 0 saturated heterocycles. The Morgan fingerprint density at radius 1 is 1.09 bits per heavy atom. The molecule has 0 rings (SSSR count). The molecule has 11 heteroatoms. The first-order valence-electron chi connectivity index (χ1n) is 6.46. The van der Waals surface area contributed by atoms with Crippen molar-refractivity contribution in [2.75, 3.05) is 19.1 Å². The van der Waals surface area contributed by atoms with Gasteiger partial charge in [-0.05, 0) is 30.7 Å². The van der Waals surface area contributed by atoms with Crippen LogP contribution in [-0.2, 0) is 9.13 Å². The zero-order chi connectivity index (χ0) is 16.2. The van der Waals surface area contributed by atoms with Crippen LogP contribution >= 0.6 is 15.2 Å². The molecule has 1 unspecified atom stereocenters. The first-order valence-corrected chi connectivity index (χ1v) is 9.98. The van der Waals surface area contributed by atoms with Gasteiger partial charge in [0.1, 0.15) is 6.29 Å². The van der Waals surface area contributed by atoms with Crippen LogP contribution < -0.4 is 22.1 Å². The summed E-state index contributed by atoms with van der Waals surface area (Å²) in [6, 6.07) is 0. The second-order valence-electron chi connectivity index (χ2n) is 6.61. The van der Waals surface area contributed by atoms with E-state index in [1.807, 2.05) is 6.92 Å². The topological polar surface area (TPSA) is 197 Å². The van der Waals surface area contributed by atoms with Gasteiger partial charge >= 0.3 is 7.60 Å². The van der Waals surface area contributed by atoms with Crippen LogP contribution in [0.15, 0.2) is 0 Å². The van der Waals surface area contributed by atoms with Crippen LogP contribution in [0.2, 0.25) is 0 Å².